The molecule has 0 spiro atoms. The van der Waals surface area contributed by atoms with E-state index in [1.165, 1.54) is 13.8 Å². The van der Waals surface area contributed by atoms with Gasteiger partial charge in [-0.2, -0.15) is 0 Å². The lowest BCUT2D eigenvalue weighted by molar-refractivity contribution is -0.170. The van der Waals surface area contributed by atoms with E-state index in [2.05, 4.69) is 25.5 Å². The molecular weight excluding hydrogens is 300 g/mol. The first kappa shape index (κ1) is 19.4. The Morgan fingerprint density at radius 1 is 0.955 bits per heavy atom. The van der Waals surface area contributed by atoms with Crippen LogP contribution in [0.15, 0.2) is 12.7 Å². The minimum atomic E-state index is -1.28. The first-order valence-electron chi connectivity index (χ1n) is 6.22. The Bertz CT molecular complexity index is 429. The van der Waals surface area contributed by atoms with Crippen molar-refractivity contribution in [1.29, 1.82) is 0 Å². The second kappa shape index (κ2) is 10.2. The molecule has 0 aromatic carbocycles. The molecule has 9 heteroatoms. The van der Waals surface area contributed by atoms with Gasteiger partial charge in [0, 0.05) is 6.08 Å². The van der Waals surface area contributed by atoms with Gasteiger partial charge in [-0.15, -0.1) is 0 Å². The molecule has 0 saturated carbocycles. The molecule has 0 amide bonds. The maximum atomic E-state index is 11.5. The fraction of sp³-hybridized carbons (Fsp3) is 0.538. The predicted octanol–water partition coefficient (Wildman–Crippen LogP) is 0.362. The number of carbonyl (C=O) groups excluding carboxylic acids is 4. The Kier molecular flexibility index (Phi) is 9.00. The van der Waals surface area contributed by atoms with E-state index in [1.54, 1.807) is 0 Å². The fourth-order valence-corrected chi connectivity index (χ4v) is 1.04. The van der Waals surface area contributed by atoms with Crippen LogP contribution in [0.1, 0.15) is 13.8 Å². The van der Waals surface area contributed by atoms with E-state index >= 15 is 0 Å². The summed E-state index contributed by atoms with van der Waals surface area (Å²) in [6, 6.07) is 0. The third kappa shape index (κ3) is 7.88. The van der Waals surface area contributed by atoms with Crippen molar-refractivity contribution in [1.82, 2.24) is 0 Å². The van der Waals surface area contributed by atoms with Gasteiger partial charge in [0.25, 0.3) is 0 Å². The molecule has 0 heterocycles. The summed E-state index contributed by atoms with van der Waals surface area (Å²) in [7, 11) is 1.14. The molecule has 0 aromatic heterocycles. The van der Waals surface area contributed by atoms with Crippen molar-refractivity contribution in [3.63, 3.8) is 0 Å². The molecule has 2 unspecified atom stereocenters. The molecular formula is C13H18O9. The van der Waals surface area contributed by atoms with Crippen molar-refractivity contribution >= 4 is 24.1 Å². The molecule has 22 heavy (non-hydrogen) atoms. The van der Waals surface area contributed by atoms with E-state index < -0.39 is 36.3 Å². The number of carbonyl (C=O) groups is 4. The van der Waals surface area contributed by atoms with Crippen molar-refractivity contribution in [2.75, 3.05) is 20.3 Å². The smallest absolute Gasteiger partial charge is 0.466 e. The monoisotopic (exact) mass is 318 g/mol. The lowest BCUT2D eigenvalue weighted by atomic mass is 10.4. The minimum absolute atomic E-state index is 0.182. The summed E-state index contributed by atoms with van der Waals surface area (Å²) in [4.78, 5) is 44.5. The van der Waals surface area contributed by atoms with Crippen LogP contribution >= 0.6 is 0 Å². The van der Waals surface area contributed by atoms with E-state index in [0.29, 0.717) is 0 Å². The van der Waals surface area contributed by atoms with Gasteiger partial charge in [-0.3, -0.25) is 0 Å². The zero-order chi connectivity index (χ0) is 17.1. The van der Waals surface area contributed by atoms with Gasteiger partial charge in [-0.05, 0) is 13.8 Å². The molecule has 0 rings (SSSR count). The highest BCUT2D eigenvalue weighted by molar-refractivity contribution is 5.82. The Balaban J connectivity index is 4.03. The average Bonchev–Trinajstić information content (AvgIpc) is 2.49. The second-order valence-electron chi connectivity index (χ2n) is 3.83. The van der Waals surface area contributed by atoms with Crippen LogP contribution in [-0.2, 0) is 38.1 Å². The molecule has 0 aliphatic rings. The van der Waals surface area contributed by atoms with Crippen LogP contribution in [0.25, 0.3) is 0 Å². The lowest BCUT2D eigenvalue weighted by Gasteiger charge is -2.15. The van der Waals surface area contributed by atoms with Crippen LogP contribution in [0.2, 0.25) is 0 Å². The van der Waals surface area contributed by atoms with Gasteiger partial charge in [0.05, 0.1) is 7.11 Å². The summed E-state index contributed by atoms with van der Waals surface area (Å²) in [5.74, 6) is -2.34. The van der Waals surface area contributed by atoms with Crippen LogP contribution in [0.3, 0.4) is 0 Å². The Morgan fingerprint density at radius 3 is 2.05 bits per heavy atom. The third-order valence-electron chi connectivity index (χ3n) is 2.15. The molecule has 0 saturated heterocycles. The molecule has 0 bridgehead atoms. The number of rotatable bonds is 8. The number of methoxy groups -OCH3 is 1. The van der Waals surface area contributed by atoms with Gasteiger partial charge in [0.1, 0.15) is 13.2 Å². The highest BCUT2D eigenvalue weighted by Crippen LogP contribution is 2.02. The maximum absolute atomic E-state index is 11.5. The summed E-state index contributed by atoms with van der Waals surface area (Å²) in [5, 5.41) is 0. The van der Waals surface area contributed by atoms with Gasteiger partial charge < -0.3 is 23.7 Å². The van der Waals surface area contributed by atoms with E-state index in [1.807, 2.05) is 0 Å². The molecule has 0 aliphatic heterocycles. The van der Waals surface area contributed by atoms with Crippen LogP contribution in [0.4, 0.5) is 4.79 Å². The molecule has 2 atom stereocenters. The topological polar surface area (TPSA) is 114 Å². The summed E-state index contributed by atoms with van der Waals surface area (Å²) in [6.07, 6.45) is -2.60. The van der Waals surface area contributed by atoms with Crippen LogP contribution in [-0.4, -0.2) is 56.6 Å². The fourth-order valence-electron chi connectivity index (χ4n) is 1.04. The molecule has 0 fully saturated rings. The minimum Gasteiger partial charge on any atom is -0.466 e. The largest absolute Gasteiger partial charge is 0.509 e. The van der Waals surface area contributed by atoms with E-state index in [4.69, 9.17) is 4.74 Å². The van der Waals surface area contributed by atoms with Gasteiger partial charge >= 0.3 is 24.1 Å². The van der Waals surface area contributed by atoms with Gasteiger partial charge in [0.2, 0.25) is 0 Å². The van der Waals surface area contributed by atoms with E-state index in [0.717, 1.165) is 13.2 Å². The summed E-state index contributed by atoms with van der Waals surface area (Å²) >= 11 is 0. The molecule has 124 valence electrons. The highest BCUT2D eigenvalue weighted by atomic mass is 16.7. The SMILES string of the molecule is C=CC(=O)OCCOC(=O)OC(C)C(=O)OC(C)C(=O)OC. The van der Waals surface area contributed by atoms with Gasteiger partial charge in [-0.1, -0.05) is 6.58 Å². The van der Waals surface area contributed by atoms with Gasteiger partial charge in [0.15, 0.2) is 12.2 Å². The Hall–Kier alpha value is -2.58. The Labute approximate surface area is 127 Å². The first-order valence-corrected chi connectivity index (χ1v) is 6.22. The van der Waals surface area contributed by atoms with Crippen molar-refractivity contribution in [2.45, 2.75) is 26.1 Å². The summed E-state index contributed by atoms with van der Waals surface area (Å²) in [6.45, 7) is 5.30. The first-order chi connectivity index (χ1) is 10.3. The molecule has 0 aliphatic carbocycles. The van der Waals surface area contributed by atoms with Crippen LogP contribution < -0.4 is 0 Å². The predicted molar refractivity (Wildman–Crippen MR) is 70.6 cm³/mol. The maximum Gasteiger partial charge on any atom is 0.509 e. The number of hydrogen-bond donors (Lipinski definition) is 0. The Morgan fingerprint density at radius 2 is 1.50 bits per heavy atom. The summed E-state index contributed by atoms with van der Waals surface area (Å²) in [5.41, 5.74) is 0. The number of hydrogen-bond acceptors (Lipinski definition) is 9. The quantitative estimate of drug-likeness (QED) is 0.271. The molecule has 0 N–H and O–H groups in total. The second-order valence-corrected chi connectivity index (χ2v) is 3.83. The zero-order valence-corrected chi connectivity index (χ0v) is 12.5. The van der Waals surface area contributed by atoms with Crippen molar-refractivity contribution in [2.24, 2.45) is 0 Å². The van der Waals surface area contributed by atoms with Crippen LogP contribution in [0, 0.1) is 0 Å². The van der Waals surface area contributed by atoms with E-state index in [9.17, 15) is 19.2 Å². The van der Waals surface area contributed by atoms with Gasteiger partial charge in [-0.25, -0.2) is 19.2 Å². The summed E-state index contributed by atoms with van der Waals surface area (Å²) < 4.78 is 22.8. The van der Waals surface area contributed by atoms with Crippen molar-refractivity contribution in [3.8, 4) is 0 Å². The molecule has 9 nitrogen and oxygen atoms in total. The lowest BCUT2D eigenvalue weighted by Crippen LogP contribution is -2.33. The van der Waals surface area contributed by atoms with Crippen molar-refractivity contribution < 1.29 is 42.9 Å². The number of esters is 3. The van der Waals surface area contributed by atoms with E-state index in [-0.39, 0.29) is 13.2 Å². The van der Waals surface area contributed by atoms with Crippen LogP contribution in [0.5, 0.6) is 0 Å². The third-order valence-corrected chi connectivity index (χ3v) is 2.15. The van der Waals surface area contributed by atoms with Crippen molar-refractivity contribution in [3.05, 3.63) is 12.7 Å². The normalized spacial score (nSPS) is 12.3. The average molecular weight is 318 g/mol. The standard InChI is InChI=1S/C13H18O9/c1-5-10(14)19-6-7-20-13(17)22-9(3)12(16)21-8(2)11(15)18-4/h5,8-9H,1,6-7H2,2-4H3. The molecule has 0 radical (unpaired) electrons. The number of ether oxygens (including phenoxy) is 5. The molecule has 0 aromatic rings. The highest BCUT2D eigenvalue weighted by Gasteiger charge is 2.25. The zero-order valence-electron chi connectivity index (χ0n) is 12.5.